The van der Waals surface area contributed by atoms with Gasteiger partial charge in [-0.1, -0.05) is 11.6 Å². The van der Waals surface area contributed by atoms with Gasteiger partial charge in [0.2, 0.25) is 5.95 Å². The third kappa shape index (κ3) is 3.71. The Morgan fingerprint density at radius 1 is 1.45 bits per heavy atom. The second-order valence-electron chi connectivity index (χ2n) is 4.49. The number of hydrogen-bond donors (Lipinski definition) is 1. The van der Waals surface area contributed by atoms with Crippen LogP contribution in [0.15, 0.2) is 24.4 Å². The Balaban J connectivity index is 2.15. The fourth-order valence-corrected chi connectivity index (χ4v) is 2.12. The highest BCUT2D eigenvalue weighted by atomic mass is 35.5. The van der Waals surface area contributed by atoms with E-state index in [4.69, 9.17) is 16.3 Å². The minimum Gasteiger partial charge on any atom is -0.385 e. The number of nitrogens with one attached hydrogen (secondary N) is 1. The van der Waals surface area contributed by atoms with Crippen LogP contribution in [0.25, 0.3) is 0 Å². The van der Waals surface area contributed by atoms with Crippen molar-refractivity contribution in [1.29, 1.82) is 0 Å². The zero-order valence-electron chi connectivity index (χ0n) is 11.5. The number of imidazole rings is 1. The third-order valence-electron chi connectivity index (χ3n) is 2.82. The molecule has 20 heavy (non-hydrogen) atoms. The summed E-state index contributed by atoms with van der Waals surface area (Å²) in [4.78, 5) is 4.41. The van der Waals surface area contributed by atoms with Crippen LogP contribution in [-0.2, 0) is 11.3 Å². The number of aryl methyl sites for hydroxylation is 2. The van der Waals surface area contributed by atoms with Crippen molar-refractivity contribution in [2.45, 2.75) is 19.9 Å². The van der Waals surface area contributed by atoms with E-state index in [1.54, 1.807) is 13.2 Å². The number of aromatic nitrogens is 2. The molecule has 1 heterocycles. The summed E-state index contributed by atoms with van der Waals surface area (Å²) in [6.07, 6.45) is 2.84. The molecule has 6 heteroatoms. The average Bonchev–Trinajstić information content (AvgIpc) is 2.73. The first kappa shape index (κ1) is 14.8. The monoisotopic (exact) mass is 297 g/mol. The lowest BCUT2D eigenvalue weighted by Gasteiger charge is -2.10. The molecule has 1 N–H and O–H groups in total. The van der Waals surface area contributed by atoms with Gasteiger partial charge in [-0.3, -0.25) is 0 Å². The molecular weight excluding hydrogens is 281 g/mol. The van der Waals surface area contributed by atoms with E-state index in [2.05, 4.69) is 10.3 Å². The summed E-state index contributed by atoms with van der Waals surface area (Å²) in [5.74, 6) is 0.326. The van der Waals surface area contributed by atoms with Crippen molar-refractivity contribution in [1.82, 2.24) is 9.55 Å². The highest BCUT2D eigenvalue weighted by molar-refractivity contribution is 6.33. The first-order valence-corrected chi connectivity index (χ1v) is 6.72. The molecule has 0 aliphatic rings. The van der Waals surface area contributed by atoms with Crippen LogP contribution in [-0.4, -0.2) is 23.3 Å². The second-order valence-corrected chi connectivity index (χ2v) is 4.90. The van der Waals surface area contributed by atoms with Gasteiger partial charge in [0.05, 0.1) is 16.4 Å². The molecular formula is C14H17ClFN3O. The van der Waals surface area contributed by atoms with E-state index in [1.807, 2.05) is 17.7 Å². The predicted molar refractivity (Wildman–Crippen MR) is 78.1 cm³/mol. The first-order valence-electron chi connectivity index (χ1n) is 6.35. The van der Waals surface area contributed by atoms with Gasteiger partial charge in [0.1, 0.15) is 5.82 Å². The quantitative estimate of drug-likeness (QED) is 0.825. The Morgan fingerprint density at radius 3 is 2.95 bits per heavy atom. The van der Waals surface area contributed by atoms with Crippen LogP contribution < -0.4 is 5.32 Å². The van der Waals surface area contributed by atoms with Gasteiger partial charge in [0.25, 0.3) is 0 Å². The van der Waals surface area contributed by atoms with E-state index < -0.39 is 0 Å². The van der Waals surface area contributed by atoms with Gasteiger partial charge in [-0.2, -0.15) is 0 Å². The van der Waals surface area contributed by atoms with Crippen molar-refractivity contribution >= 4 is 23.2 Å². The highest BCUT2D eigenvalue weighted by Crippen LogP contribution is 2.26. The van der Waals surface area contributed by atoms with Gasteiger partial charge < -0.3 is 14.6 Å². The lowest BCUT2D eigenvalue weighted by Crippen LogP contribution is -2.05. The number of nitrogens with zero attached hydrogens (tertiary/aromatic N) is 2. The lowest BCUT2D eigenvalue weighted by molar-refractivity contribution is 0.190. The van der Waals surface area contributed by atoms with Crippen LogP contribution in [0.2, 0.25) is 5.02 Å². The minimum absolute atomic E-state index is 0.328. The van der Waals surface area contributed by atoms with Gasteiger partial charge in [0.15, 0.2) is 0 Å². The Hall–Kier alpha value is -1.59. The normalized spacial score (nSPS) is 10.8. The summed E-state index contributed by atoms with van der Waals surface area (Å²) in [6, 6.07) is 4.23. The van der Waals surface area contributed by atoms with Crippen molar-refractivity contribution in [2.24, 2.45) is 0 Å². The minimum atomic E-state index is -0.361. The molecule has 1 aromatic heterocycles. The van der Waals surface area contributed by atoms with Crippen molar-refractivity contribution < 1.29 is 9.13 Å². The third-order valence-corrected chi connectivity index (χ3v) is 3.13. The summed E-state index contributed by atoms with van der Waals surface area (Å²) in [6.45, 7) is 3.40. The maximum atomic E-state index is 13.0. The standard InChI is InChI=1S/C14H17ClFN3O/c1-10-9-19(6-3-7-20-2)14(17-10)18-13-5-4-11(16)8-12(13)15/h4-5,8-9H,3,6-7H2,1-2H3,(H,17,18). The summed E-state index contributed by atoms with van der Waals surface area (Å²) in [5, 5.41) is 3.46. The number of ether oxygens (including phenoxy) is 1. The van der Waals surface area contributed by atoms with E-state index in [0.29, 0.717) is 23.3 Å². The number of hydrogen-bond acceptors (Lipinski definition) is 3. The maximum Gasteiger partial charge on any atom is 0.207 e. The number of halogens is 2. The summed E-state index contributed by atoms with van der Waals surface area (Å²) in [5.41, 5.74) is 1.54. The molecule has 0 atom stereocenters. The zero-order chi connectivity index (χ0) is 14.5. The van der Waals surface area contributed by atoms with Crippen LogP contribution >= 0.6 is 11.6 Å². The Labute approximate surface area is 122 Å². The first-order chi connectivity index (χ1) is 9.60. The number of benzene rings is 1. The molecule has 0 radical (unpaired) electrons. The lowest BCUT2D eigenvalue weighted by atomic mass is 10.3. The Bertz CT molecular complexity index is 586. The molecule has 0 unspecified atom stereocenters. The van der Waals surface area contributed by atoms with Gasteiger partial charge in [-0.25, -0.2) is 9.37 Å². The fourth-order valence-electron chi connectivity index (χ4n) is 1.91. The van der Waals surface area contributed by atoms with Crippen LogP contribution in [0, 0.1) is 12.7 Å². The maximum absolute atomic E-state index is 13.0. The summed E-state index contributed by atoms with van der Waals surface area (Å²) in [7, 11) is 1.68. The van der Waals surface area contributed by atoms with Crippen LogP contribution in [0.5, 0.6) is 0 Å². The van der Waals surface area contributed by atoms with Crippen LogP contribution in [0.4, 0.5) is 16.0 Å². The molecule has 2 rings (SSSR count). The molecule has 0 fully saturated rings. The molecule has 0 amide bonds. The second kappa shape index (κ2) is 6.72. The van der Waals surface area contributed by atoms with E-state index in [0.717, 1.165) is 18.7 Å². The number of rotatable bonds is 6. The Kier molecular flexibility index (Phi) is 4.98. The van der Waals surface area contributed by atoms with Crippen molar-refractivity contribution in [3.63, 3.8) is 0 Å². The summed E-state index contributed by atoms with van der Waals surface area (Å²) >= 11 is 6.01. The smallest absolute Gasteiger partial charge is 0.207 e. The van der Waals surface area contributed by atoms with Gasteiger partial charge in [-0.15, -0.1) is 0 Å². The topological polar surface area (TPSA) is 39.1 Å². The van der Waals surface area contributed by atoms with E-state index >= 15 is 0 Å². The molecule has 4 nitrogen and oxygen atoms in total. The average molecular weight is 298 g/mol. The molecule has 0 saturated carbocycles. The molecule has 0 aliphatic carbocycles. The zero-order valence-corrected chi connectivity index (χ0v) is 12.2. The van der Waals surface area contributed by atoms with Crippen molar-refractivity contribution in [2.75, 3.05) is 19.0 Å². The molecule has 2 aromatic rings. The van der Waals surface area contributed by atoms with Gasteiger partial charge in [-0.05, 0) is 31.5 Å². The van der Waals surface area contributed by atoms with Gasteiger partial charge >= 0.3 is 0 Å². The van der Waals surface area contributed by atoms with Crippen LogP contribution in [0.1, 0.15) is 12.1 Å². The molecule has 108 valence electrons. The Morgan fingerprint density at radius 2 is 2.25 bits per heavy atom. The predicted octanol–water partition coefficient (Wildman–Crippen LogP) is 3.76. The largest absolute Gasteiger partial charge is 0.385 e. The molecule has 0 bridgehead atoms. The van der Waals surface area contributed by atoms with E-state index in [1.165, 1.54) is 12.1 Å². The molecule has 0 aliphatic heterocycles. The number of anilines is 2. The summed E-state index contributed by atoms with van der Waals surface area (Å²) < 4.78 is 20.1. The number of methoxy groups -OCH3 is 1. The van der Waals surface area contributed by atoms with E-state index in [9.17, 15) is 4.39 Å². The van der Waals surface area contributed by atoms with Crippen LogP contribution in [0.3, 0.4) is 0 Å². The molecule has 0 spiro atoms. The van der Waals surface area contributed by atoms with Gasteiger partial charge in [0, 0.05) is 26.5 Å². The van der Waals surface area contributed by atoms with Crippen molar-refractivity contribution in [3.05, 3.63) is 40.9 Å². The van der Waals surface area contributed by atoms with Crippen molar-refractivity contribution in [3.8, 4) is 0 Å². The molecule has 0 saturated heterocycles. The SMILES string of the molecule is COCCCn1cc(C)nc1Nc1ccc(F)cc1Cl. The fraction of sp³-hybridized carbons (Fsp3) is 0.357. The van der Waals surface area contributed by atoms with E-state index in [-0.39, 0.29) is 5.82 Å². The highest BCUT2D eigenvalue weighted by Gasteiger charge is 2.08. The molecule has 1 aromatic carbocycles.